The van der Waals surface area contributed by atoms with Gasteiger partial charge in [0.05, 0.1) is 30.8 Å². The van der Waals surface area contributed by atoms with E-state index in [1.54, 1.807) is 0 Å². The van der Waals surface area contributed by atoms with E-state index in [9.17, 15) is 9.59 Å². The monoisotopic (exact) mass is 389 g/mol. The standard InChI is InChI=1S/C23H23N3O3/c1-16(27)24-19-8-6-17(7-9-19)22-14-18(20-4-2-3-5-21(20)25-22)15-23(28)26-10-12-29-13-11-26/h2-9,14H,10-13,15H2,1H3,(H,24,27). The van der Waals surface area contributed by atoms with E-state index in [4.69, 9.17) is 9.72 Å². The van der Waals surface area contributed by atoms with E-state index >= 15 is 0 Å². The number of anilines is 1. The predicted molar refractivity (Wildman–Crippen MR) is 113 cm³/mol. The van der Waals surface area contributed by atoms with Gasteiger partial charge in [-0.2, -0.15) is 0 Å². The smallest absolute Gasteiger partial charge is 0.227 e. The van der Waals surface area contributed by atoms with Crippen LogP contribution in [-0.2, 0) is 20.7 Å². The first-order valence-electron chi connectivity index (χ1n) is 9.72. The molecule has 2 heterocycles. The highest BCUT2D eigenvalue weighted by Gasteiger charge is 2.19. The fourth-order valence-electron chi connectivity index (χ4n) is 3.56. The molecule has 148 valence electrons. The number of carbonyl (C=O) groups excluding carboxylic acids is 2. The molecule has 2 aromatic carbocycles. The van der Waals surface area contributed by atoms with Crippen LogP contribution < -0.4 is 5.32 Å². The Bertz CT molecular complexity index is 1040. The van der Waals surface area contributed by atoms with Crippen LogP contribution in [0, 0.1) is 0 Å². The molecule has 0 aliphatic carbocycles. The topological polar surface area (TPSA) is 71.5 Å². The maximum atomic E-state index is 12.8. The summed E-state index contributed by atoms with van der Waals surface area (Å²) in [5, 5.41) is 3.76. The van der Waals surface area contributed by atoms with Gasteiger partial charge in [0.1, 0.15) is 0 Å². The minimum atomic E-state index is -0.106. The molecule has 3 aromatic rings. The molecule has 1 aromatic heterocycles. The van der Waals surface area contributed by atoms with Gasteiger partial charge in [-0.1, -0.05) is 30.3 Å². The van der Waals surface area contributed by atoms with Gasteiger partial charge >= 0.3 is 0 Å². The molecule has 0 unspecified atom stereocenters. The predicted octanol–water partition coefficient (Wildman–Crippen LogP) is 3.26. The van der Waals surface area contributed by atoms with Crippen molar-refractivity contribution in [1.29, 1.82) is 0 Å². The number of aromatic nitrogens is 1. The van der Waals surface area contributed by atoms with Crippen molar-refractivity contribution in [2.45, 2.75) is 13.3 Å². The normalized spacial score (nSPS) is 14.0. The number of rotatable bonds is 4. The number of benzene rings is 2. The molecular formula is C23H23N3O3. The second-order valence-electron chi connectivity index (χ2n) is 7.11. The average molecular weight is 389 g/mol. The summed E-state index contributed by atoms with van der Waals surface area (Å²) in [7, 11) is 0. The van der Waals surface area contributed by atoms with E-state index in [0.29, 0.717) is 32.7 Å². The van der Waals surface area contributed by atoms with Gasteiger partial charge in [0.2, 0.25) is 11.8 Å². The number of nitrogens with zero attached hydrogens (tertiary/aromatic N) is 2. The summed E-state index contributed by atoms with van der Waals surface area (Å²) < 4.78 is 5.35. The molecular weight excluding hydrogens is 366 g/mol. The van der Waals surface area contributed by atoms with Crippen molar-refractivity contribution in [2.24, 2.45) is 0 Å². The highest BCUT2D eigenvalue weighted by molar-refractivity contribution is 5.91. The Balaban J connectivity index is 1.67. The molecule has 4 rings (SSSR count). The van der Waals surface area contributed by atoms with Gasteiger partial charge in [-0.15, -0.1) is 0 Å². The van der Waals surface area contributed by atoms with Crippen molar-refractivity contribution in [3.05, 3.63) is 60.2 Å². The van der Waals surface area contributed by atoms with Gasteiger partial charge in [-0.25, -0.2) is 4.98 Å². The second-order valence-corrected chi connectivity index (χ2v) is 7.11. The Labute approximate surface area is 169 Å². The van der Waals surface area contributed by atoms with Crippen molar-refractivity contribution in [3.63, 3.8) is 0 Å². The van der Waals surface area contributed by atoms with Gasteiger partial charge < -0.3 is 15.0 Å². The van der Waals surface area contributed by atoms with E-state index in [2.05, 4.69) is 5.32 Å². The Morgan fingerprint density at radius 2 is 1.79 bits per heavy atom. The molecule has 0 radical (unpaired) electrons. The number of ether oxygens (including phenoxy) is 1. The lowest BCUT2D eigenvalue weighted by molar-refractivity contribution is -0.134. The first-order valence-corrected chi connectivity index (χ1v) is 9.72. The van der Waals surface area contributed by atoms with E-state index in [-0.39, 0.29) is 11.8 Å². The minimum absolute atomic E-state index is 0.106. The van der Waals surface area contributed by atoms with E-state index in [1.807, 2.05) is 59.5 Å². The van der Waals surface area contributed by atoms with Crippen LogP contribution in [-0.4, -0.2) is 48.0 Å². The van der Waals surface area contributed by atoms with E-state index in [0.717, 1.165) is 33.4 Å². The number of carbonyl (C=O) groups is 2. The fraction of sp³-hybridized carbons (Fsp3) is 0.261. The number of pyridine rings is 1. The summed E-state index contributed by atoms with van der Waals surface area (Å²) in [6.07, 6.45) is 0.333. The minimum Gasteiger partial charge on any atom is -0.378 e. The first kappa shape index (κ1) is 19.1. The quantitative estimate of drug-likeness (QED) is 0.743. The summed E-state index contributed by atoms with van der Waals surface area (Å²) in [4.78, 5) is 30.7. The van der Waals surface area contributed by atoms with Crippen molar-refractivity contribution in [2.75, 3.05) is 31.6 Å². The lowest BCUT2D eigenvalue weighted by Crippen LogP contribution is -2.41. The van der Waals surface area contributed by atoms with Crippen LogP contribution in [0.2, 0.25) is 0 Å². The summed E-state index contributed by atoms with van der Waals surface area (Å²) in [6.45, 7) is 3.94. The second kappa shape index (κ2) is 8.41. The van der Waals surface area contributed by atoms with Gasteiger partial charge in [0.25, 0.3) is 0 Å². The molecule has 0 atom stereocenters. The van der Waals surface area contributed by atoms with Crippen LogP contribution >= 0.6 is 0 Å². The average Bonchev–Trinajstić information content (AvgIpc) is 2.74. The maximum Gasteiger partial charge on any atom is 0.227 e. The lowest BCUT2D eigenvalue weighted by Gasteiger charge is -2.27. The Hall–Kier alpha value is -3.25. The molecule has 6 nitrogen and oxygen atoms in total. The highest BCUT2D eigenvalue weighted by Crippen LogP contribution is 2.26. The molecule has 1 N–H and O–H groups in total. The molecule has 1 aliphatic rings. The SMILES string of the molecule is CC(=O)Nc1ccc(-c2cc(CC(=O)N3CCOCC3)c3ccccc3n2)cc1. The van der Waals surface area contributed by atoms with Crippen molar-refractivity contribution in [3.8, 4) is 11.3 Å². The van der Waals surface area contributed by atoms with Gasteiger partial charge in [0.15, 0.2) is 0 Å². The lowest BCUT2D eigenvalue weighted by atomic mass is 10.0. The number of amides is 2. The largest absolute Gasteiger partial charge is 0.378 e. The van der Waals surface area contributed by atoms with E-state index in [1.165, 1.54) is 6.92 Å². The molecule has 1 saturated heterocycles. The molecule has 1 fully saturated rings. The molecule has 1 aliphatic heterocycles. The number of hydrogen-bond acceptors (Lipinski definition) is 4. The molecule has 0 spiro atoms. The third-order valence-corrected chi connectivity index (χ3v) is 5.01. The molecule has 6 heteroatoms. The molecule has 0 bridgehead atoms. The third kappa shape index (κ3) is 4.43. The maximum absolute atomic E-state index is 12.8. The summed E-state index contributed by atoms with van der Waals surface area (Å²) in [5.74, 6) is 0.00195. The van der Waals surface area contributed by atoms with Crippen LogP contribution in [0.5, 0.6) is 0 Å². The summed E-state index contributed by atoms with van der Waals surface area (Å²) >= 11 is 0. The highest BCUT2D eigenvalue weighted by atomic mass is 16.5. The number of fused-ring (bicyclic) bond motifs is 1. The molecule has 29 heavy (non-hydrogen) atoms. The van der Waals surface area contributed by atoms with Gasteiger partial charge in [-0.05, 0) is 29.8 Å². The number of para-hydroxylation sites is 1. The Kier molecular flexibility index (Phi) is 5.53. The van der Waals surface area contributed by atoms with Crippen LogP contribution in [0.4, 0.5) is 5.69 Å². The number of nitrogens with one attached hydrogen (secondary N) is 1. The van der Waals surface area contributed by atoms with Gasteiger partial charge in [-0.3, -0.25) is 9.59 Å². The fourth-order valence-corrected chi connectivity index (χ4v) is 3.56. The summed E-state index contributed by atoms with van der Waals surface area (Å²) in [6, 6.07) is 17.4. The van der Waals surface area contributed by atoms with Crippen molar-refractivity contribution in [1.82, 2.24) is 9.88 Å². The summed E-state index contributed by atoms with van der Waals surface area (Å²) in [5.41, 5.74) is 4.31. The van der Waals surface area contributed by atoms with Crippen molar-refractivity contribution < 1.29 is 14.3 Å². The van der Waals surface area contributed by atoms with Crippen LogP contribution in [0.15, 0.2) is 54.6 Å². The van der Waals surface area contributed by atoms with Crippen LogP contribution in [0.1, 0.15) is 12.5 Å². The first-order chi connectivity index (χ1) is 14.1. The van der Waals surface area contributed by atoms with Crippen molar-refractivity contribution >= 4 is 28.4 Å². The number of morpholine rings is 1. The Morgan fingerprint density at radius 3 is 2.52 bits per heavy atom. The zero-order valence-corrected chi connectivity index (χ0v) is 16.4. The van der Waals surface area contributed by atoms with Gasteiger partial charge in [0, 0.05) is 36.7 Å². The number of hydrogen-bond donors (Lipinski definition) is 1. The zero-order valence-electron chi connectivity index (χ0n) is 16.4. The van der Waals surface area contributed by atoms with Crippen LogP contribution in [0.3, 0.4) is 0 Å². The molecule has 0 saturated carbocycles. The third-order valence-electron chi connectivity index (χ3n) is 5.01. The zero-order chi connectivity index (χ0) is 20.2. The van der Waals surface area contributed by atoms with Crippen LogP contribution in [0.25, 0.3) is 22.2 Å². The Morgan fingerprint density at radius 1 is 1.07 bits per heavy atom. The van der Waals surface area contributed by atoms with E-state index < -0.39 is 0 Å². The molecule has 2 amide bonds.